The van der Waals surface area contributed by atoms with Gasteiger partial charge in [0.05, 0.1) is 25.4 Å². The lowest BCUT2D eigenvalue weighted by molar-refractivity contribution is -0.0600. The van der Waals surface area contributed by atoms with Crippen molar-refractivity contribution >= 4 is 0 Å². The third-order valence-electron chi connectivity index (χ3n) is 3.80. The van der Waals surface area contributed by atoms with Gasteiger partial charge < -0.3 is 14.8 Å². The minimum absolute atomic E-state index is 0.216. The summed E-state index contributed by atoms with van der Waals surface area (Å²) in [7, 11) is 0. The molecule has 1 N–H and O–H groups in total. The molecule has 18 heavy (non-hydrogen) atoms. The summed E-state index contributed by atoms with van der Waals surface area (Å²) in [6.45, 7) is 3.37. The van der Waals surface area contributed by atoms with Crippen molar-refractivity contribution in [1.82, 2.24) is 5.32 Å². The third-order valence-corrected chi connectivity index (χ3v) is 3.80. The van der Waals surface area contributed by atoms with Crippen molar-refractivity contribution in [2.24, 2.45) is 0 Å². The number of hydrogen-bond acceptors (Lipinski definition) is 3. The summed E-state index contributed by atoms with van der Waals surface area (Å²) in [6.07, 6.45) is 4.04. The molecule has 3 rings (SSSR count). The molecule has 0 amide bonds. The molecule has 2 atom stereocenters. The Bertz CT molecular complexity index is 388. The van der Waals surface area contributed by atoms with Crippen LogP contribution in [0.3, 0.4) is 0 Å². The van der Waals surface area contributed by atoms with Gasteiger partial charge in [-0.25, -0.2) is 0 Å². The number of benzene rings is 1. The number of morpholine rings is 1. The average molecular weight is 247 g/mol. The Kier molecular flexibility index (Phi) is 3.93. The van der Waals surface area contributed by atoms with E-state index in [2.05, 4.69) is 29.6 Å². The Morgan fingerprint density at radius 3 is 3.17 bits per heavy atom. The summed E-state index contributed by atoms with van der Waals surface area (Å²) in [5.74, 6) is 0. The van der Waals surface area contributed by atoms with Gasteiger partial charge in [-0.3, -0.25) is 0 Å². The van der Waals surface area contributed by atoms with Gasteiger partial charge in [-0.2, -0.15) is 0 Å². The van der Waals surface area contributed by atoms with E-state index < -0.39 is 0 Å². The van der Waals surface area contributed by atoms with Crippen LogP contribution in [-0.4, -0.2) is 32.4 Å². The molecule has 1 heterocycles. The lowest BCUT2D eigenvalue weighted by Gasteiger charge is -2.29. The first-order valence-corrected chi connectivity index (χ1v) is 6.95. The Morgan fingerprint density at radius 1 is 1.33 bits per heavy atom. The van der Waals surface area contributed by atoms with Gasteiger partial charge >= 0.3 is 0 Å². The van der Waals surface area contributed by atoms with Crippen molar-refractivity contribution in [2.75, 3.05) is 26.3 Å². The second-order valence-corrected chi connectivity index (χ2v) is 5.11. The number of nitrogens with one attached hydrogen (secondary N) is 1. The second-order valence-electron chi connectivity index (χ2n) is 5.11. The van der Waals surface area contributed by atoms with Crippen molar-refractivity contribution in [3.05, 3.63) is 35.4 Å². The van der Waals surface area contributed by atoms with Gasteiger partial charge in [-0.15, -0.1) is 0 Å². The van der Waals surface area contributed by atoms with Gasteiger partial charge in [-0.1, -0.05) is 24.3 Å². The molecule has 2 aliphatic rings. The monoisotopic (exact) mass is 247 g/mol. The van der Waals surface area contributed by atoms with Crippen LogP contribution in [0.5, 0.6) is 0 Å². The summed E-state index contributed by atoms with van der Waals surface area (Å²) in [5.41, 5.74) is 2.84. The highest BCUT2D eigenvalue weighted by molar-refractivity contribution is 5.31. The molecule has 1 aromatic carbocycles. The van der Waals surface area contributed by atoms with Gasteiger partial charge in [0.1, 0.15) is 0 Å². The summed E-state index contributed by atoms with van der Waals surface area (Å²) in [5, 5.41) is 3.34. The van der Waals surface area contributed by atoms with Crippen molar-refractivity contribution < 1.29 is 9.47 Å². The zero-order valence-electron chi connectivity index (χ0n) is 10.7. The fraction of sp³-hybridized carbons (Fsp3) is 0.600. The van der Waals surface area contributed by atoms with Crippen molar-refractivity contribution in [3.8, 4) is 0 Å². The third kappa shape index (κ3) is 2.74. The average Bonchev–Trinajstić information content (AvgIpc) is 2.46. The quantitative estimate of drug-likeness (QED) is 0.887. The molecular weight excluding hydrogens is 226 g/mol. The number of fused-ring (bicyclic) bond motifs is 1. The van der Waals surface area contributed by atoms with Crippen LogP contribution in [0, 0.1) is 0 Å². The lowest BCUT2D eigenvalue weighted by atomic mass is 9.89. The lowest BCUT2D eigenvalue weighted by Crippen LogP contribution is -2.41. The van der Waals surface area contributed by atoms with Gasteiger partial charge in [0, 0.05) is 13.1 Å². The van der Waals surface area contributed by atoms with E-state index in [0.29, 0.717) is 6.61 Å². The van der Waals surface area contributed by atoms with E-state index in [1.807, 2.05) is 0 Å². The van der Waals surface area contributed by atoms with E-state index in [9.17, 15) is 0 Å². The van der Waals surface area contributed by atoms with Crippen LogP contribution in [0.25, 0.3) is 0 Å². The molecule has 3 heteroatoms. The van der Waals surface area contributed by atoms with Gasteiger partial charge in [-0.05, 0) is 30.4 Å². The summed E-state index contributed by atoms with van der Waals surface area (Å²) >= 11 is 0. The topological polar surface area (TPSA) is 30.5 Å². The van der Waals surface area contributed by atoms with E-state index in [-0.39, 0.29) is 12.2 Å². The smallest absolute Gasteiger partial charge is 0.0933 e. The highest BCUT2D eigenvalue weighted by atomic mass is 16.5. The molecule has 0 radical (unpaired) electrons. The molecule has 98 valence electrons. The standard InChI is InChI=1S/C15H21NO2/c1-2-6-14-12(4-1)5-3-7-15(14)18-11-13-10-16-8-9-17-13/h1-2,4,6,13,15-16H,3,5,7-11H2. The van der Waals surface area contributed by atoms with Crippen molar-refractivity contribution in [3.63, 3.8) is 0 Å². The Labute approximate surface area is 108 Å². The van der Waals surface area contributed by atoms with Crippen LogP contribution < -0.4 is 5.32 Å². The van der Waals surface area contributed by atoms with Crippen molar-refractivity contribution in [2.45, 2.75) is 31.5 Å². The summed E-state index contributed by atoms with van der Waals surface area (Å²) in [4.78, 5) is 0. The summed E-state index contributed by atoms with van der Waals surface area (Å²) in [6, 6.07) is 8.66. The molecule has 0 saturated carbocycles. The van der Waals surface area contributed by atoms with Crippen LogP contribution in [0.15, 0.2) is 24.3 Å². The van der Waals surface area contributed by atoms with Crippen LogP contribution in [0.2, 0.25) is 0 Å². The Morgan fingerprint density at radius 2 is 2.28 bits per heavy atom. The highest BCUT2D eigenvalue weighted by Gasteiger charge is 2.22. The van der Waals surface area contributed by atoms with Crippen LogP contribution in [0.4, 0.5) is 0 Å². The molecule has 2 unspecified atom stereocenters. The number of rotatable bonds is 3. The Balaban J connectivity index is 1.60. The SMILES string of the molecule is c1ccc2c(c1)CCCC2OCC1CNCCO1. The predicted molar refractivity (Wildman–Crippen MR) is 70.7 cm³/mol. The van der Waals surface area contributed by atoms with E-state index in [0.717, 1.165) is 26.1 Å². The fourth-order valence-corrected chi connectivity index (χ4v) is 2.83. The van der Waals surface area contributed by atoms with Gasteiger partial charge in [0.15, 0.2) is 0 Å². The minimum Gasteiger partial charge on any atom is -0.373 e. The first-order chi connectivity index (χ1) is 8.93. The molecule has 1 aromatic rings. The minimum atomic E-state index is 0.216. The largest absolute Gasteiger partial charge is 0.373 e. The fourth-order valence-electron chi connectivity index (χ4n) is 2.83. The number of hydrogen-bond donors (Lipinski definition) is 1. The summed E-state index contributed by atoms with van der Waals surface area (Å²) < 4.78 is 11.8. The maximum Gasteiger partial charge on any atom is 0.0933 e. The first kappa shape index (κ1) is 12.2. The molecule has 1 fully saturated rings. The van der Waals surface area contributed by atoms with Gasteiger partial charge in [0.2, 0.25) is 0 Å². The molecule has 0 bridgehead atoms. The van der Waals surface area contributed by atoms with E-state index in [1.54, 1.807) is 0 Å². The van der Waals surface area contributed by atoms with Crippen molar-refractivity contribution in [1.29, 1.82) is 0 Å². The molecule has 1 aliphatic carbocycles. The van der Waals surface area contributed by atoms with Crippen LogP contribution in [0.1, 0.15) is 30.1 Å². The Hall–Kier alpha value is -0.900. The molecular formula is C15H21NO2. The molecule has 3 nitrogen and oxygen atoms in total. The predicted octanol–water partition coefficient (Wildman–Crippen LogP) is 2.07. The van der Waals surface area contributed by atoms with E-state index in [1.165, 1.54) is 24.0 Å². The molecule has 0 spiro atoms. The normalized spacial score (nSPS) is 27.8. The van der Waals surface area contributed by atoms with Crippen LogP contribution >= 0.6 is 0 Å². The molecule has 1 aliphatic heterocycles. The maximum absolute atomic E-state index is 6.08. The molecule has 0 aromatic heterocycles. The van der Waals surface area contributed by atoms with E-state index >= 15 is 0 Å². The van der Waals surface area contributed by atoms with Crippen LogP contribution in [-0.2, 0) is 15.9 Å². The maximum atomic E-state index is 6.08. The number of ether oxygens (including phenoxy) is 2. The zero-order valence-corrected chi connectivity index (χ0v) is 10.7. The molecule has 1 saturated heterocycles. The second kappa shape index (κ2) is 5.83. The zero-order chi connectivity index (χ0) is 12.2. The number of aryl methyl sites for hydroxylation is 1. The highest BCUT2D eigenvalue weighted by Crippen LogP contribution is 2.32. The first-order valence-electron chi connectivity index (χ1n) is 6.95. The van der Waals surface area contributed by atoms with E-state index in [4.69, 9.17) is 9.47 Å². The van der Waals surface area contributed by atoms with Gasteiger partial charge in [0.25, 0.3) is 0 Å².